The van der Waals surface area contributed by atoms with Crippen molar-refractivity contribution < 1.29 is 9.90 Å². The summed E-state index contributed by atoms with van der Waals surface area (Å²) < 4.78 is 0. The van der Waals surface area contributed by atoms with Gasteiger partial charge in [-0.25, -0.2) is 9.97 Å². The average Bonchev–Trinajstić information content (AvgIpc) is 2.81. The van der Waals surface area contributed by atoms with Gasteiger partial charge in [-0.3, -0.25) is 4.79 Å². The third kappa shape index (κ3) is 6.20. The minimum atomic E-state index is -0.645. The van der Waals surface area contributed by atoms with E-state index in [9.17, 15) is 9.90 Å². The number of anilines is 1. The molecule has 0 fully saturated rings. The number of aromatic nitrogens is 2. The van der Waals surface area contributed by atoms with Gasteiger partial charge in [-0.15, -0.1) is 0 Å². The van der Waals surface area contributed by atoms with Crippen molar-refractivity contribution in [2.24, 2.45) is 0 Å². The van der Waals surface area contributed by atoms with Gasteiger partial charge in [0.05, 0.1) is 11.7 Å². The van der Waals surface area contributed by atoms with Crippen LogP contribution < -0.4 is 11.1 Å². The molecular formula is C25H28ClN5O2. The number of hydrogen-bond donors (Lipinski definition) is 3. The third-order valence-corrected chi connectivity index (χ3v) is 5.65. The van der Waals surface area contributed by atoms with Crippen molar-refractivity contribution in [1.29, 1.82) is 0 Å². The normalized spacial score (nSPS) is 11.8. The van der Waals surface area contributed by atoms with Crippen molar-refractivity contribution >= 4 is 34.1 Å². The number of nitrogens with one attached hydrogen (secondary N) is 1. The SMILES string of the molecule is CCN(CC)CC(O)CNC(=O)c1cc(C)c(C#Cc2c(N)ncc3ccc(Cl)cc23)cn1. The zero-order valence-electron chi connectivity index (χ0n) is 19.0. The van der Waals surface area contributed by atoms with Crippen molar-refractivity contribution in [2.75, 3.05) is 31.9 Å². The number of nitrogen functional groups attached to an aromatic ring is 1. The van der Waals surface area contributed by atoms with E-state index in [0.29, 0.717) is 28.5 Å². The van der Waals surface area contributed by atoms with E-state index in [-0.39, 0.29) is 18.1 Å². The van der Waals surface area contributed by atoms with E-state index in [0.717, 1.165) is 29.4 Å². The highest BCUT2D eigenvalue weighted by Crippen LogP contribution is 2.25. The van der Waals surface area contributed by atoms with E-state index in [1.807, 2.05) is 32.9 Å². The number of pyridine rings is 2. The zero-order chi connectivity index (χ0) is 24.0. The number of hydrogen-bond acceptors (Lipinski definition) is 6. The predicted molar refractivity (Wildman–Crippen MR) is 132 cm³/mol. The Hall–Kier alpha value is -3.18. The molecule has 4 N–H and O–H groups in total. The lowest BCUT2D eigenvalue weighted by Gasteiger charge is -2.21. The molecule has 0 aliphatic carbocycles. The second-order valence-electron chi connectivity index (χ2n) is 7.73. The fourth-order valence-electron chi connectivity index (χ4n) is 3.42. The van der Waals surface area contributed by atoms with Crippen LogP contribution in [0, 0.1) is 18.8 Å². The van der Waals surface area contributed by atoms with Crippen molar-refractivity contribution in [3.63, 3.8) is 0 Å². The van der Waals surface area contributed by atoms with E-state index in [2.05, 4.69) is 32.0 Å². The number of nitrogens with zero attached hydrogens (tertiary/aromatic N) is 3. The average molecular weight is 466 g/mol. The summed E-state index contributed by atoms with van der Waals surface area (Å²) in [5, 5.41) is 15.2. The number of rotatable bonds is 7. The molecule has 3 rings (SSSR count). The highest BCUT2D eigenvalue weighted by Gasteiger charge is 2.13. The summed E-state index contributed by atoms with van der Waals surface area (Å²) in [6, 6.07) is 7.15. The Balaban J connectivity index is 1.75. The predicted octanol–water partition coefficient (Wildman–Crippen LogP) is 3.01. The van der Waals surface area contributed by atoms with Gasteiger partial charge in [0.1, 0.15) is 11.5 Å². The summed E-state index contributed by atoms with van der Waals surface area (Å²) in [7, 11) is 0. The van der Waals surface area contributed by atoms with Gasteiger partial charge in [0.25, 0.3) is 5.91 Å². The van der Waals surface area contributed by atoms with Crippen molar-refractivity contribution in [2.45, 2.75) is 26.9 Å². The third-order valence-electron chi connectivity index (χ3n) is 5.41. The molecule has 1 atom stereocenters. The summed E-state index contributed by atoms with van der Waals surface area (Å²) in [5.41, 5.74) is 8.40. The Morgan fingerprint density at radius 1 is 1.21 bits per heavy atom. The molecule has 2 aromatic heterocycles. The number of amides is 1. The number of likely N-dealkylation sites (N-methyl/N-ethyl adjacent to an activating group) is 1. The molecule has 0 aliphatic rings. The Bertz CT molecular complexity index is 1210. The Morgan fingerprint density at radius 2 is 1.97 bits per heavy atom. The molecule has 0 aliphatic heterocycles. The minimum Gasteiger partial charge on any atom is -0.390 e. The fraction of sp³-hybridized carbons (Fsp3) is 0.320. The van der Waals surface area contributed by atoms with Gasteiger partial charge < -0.3 is 21.1 Å². The summed E-state index contributed by atoms with van der Waals surface area (Å²) in [4.78, 5) is 23.0. The second-order valence-corrected chi connectivity index (χ2v) is 8.17. The molecule has 0 saturated carbocycles. The number of fused-ring (bicyclic) bond motifs is 1. The molecule has 1 aromatic carbocycles. The fourth-order valence-corrected chi connectivity index (χ4v) is 3.59. The maximum Gasteiger partial charge on any atom is 0.269 e. The van der Waals surface area contributed by atoms with Crippen molar-refractivity contribution in [3.8, 4) is 11.8 Å². The van der Waals surface area contributed by atoms with Crippen LogP contribution in [0.2, 0.25) is 5.02 Å². The van der Waals surface area contributed by atoms with E-state index in [1.54, 1.807) is 24.5 Å². The summed E-state index contributed by atoms with van der Waals surface area (Å²) in [6.07, 6.45) is 2.60. The van der Waals surface area contributed by atoms with Gasteiger partial charge in [0.15, 0.2) is 0 Å². The Kier molecular flexibility index (Phi) is 8.23. The Morgan fingerprint density at radius 3 is 2.67 bits per heavy atom. The lowest BCUT2D eigenvalue weighted by Crippen LogP contribution is -2.40. The van der Waals surface area contributed by atoms with Gasteiger partial charge in [0, 0.05) is 46.8 Å². The summed E-state index contributed by atoms with van der Waals surface area (Å²) in [5.74, 6) is 6.15. The summed E-state index contributed by atoms with van der Waals surface area (Å²) in [6.45, 7) is 8.29. The van der Waals surface area contributed by atoms with Crippen LogP contribution in [0.25, 0.3) is 10.8 Å². The molecule has 2 heterocycles. The lowest BCUT2D eigenvalue weighted by molar-refractivity contribution is 0.0865. The molecule has 0 spiro atoms. The molecule has 0 radical (unpaired) electrons. The number of aryl methyl sites for hydroxylation is 1. The first kappa shape index (κ1) is 24.5. The van der Waals surface area contributed by atoms with Gasteiger partial charge in [-0.1, -0.05) is 43.4 Å². The van der Waals surface area contributed by atoms with E-state index in [4.69, 9.17) is 17.3 Å². The molecular weight excluding hydrogens is 438 g/mol. The number of benzene rings is 1. The zero-order valence-corrected chi connectivity index (χ0v) is 19.8. The smallest absolute Gasteiger partial charge is 0.269 e. The van der Waals surface area contributed by atoms with Gasteiger partial charge in [-0.05, 0) is 43.8 Å². The molecule has 7 nitrogen and oxygen atoms in total. The van der Waals surface area contributed by atoms with Crippen LogP contribution in [0.15, 0.2) is 36.7 Å². The number of aliphatic hydroxyl groups excluding tert-OH is 1. The molecule has 33 heavy (non-hydrogen) atoms. The van der Waals surface area contributed by atoms with E-state index < -0.39 is 6.10 Å². The largest absolute Gasteiger partial charge is 0.390 e. The lowest BCUT2D eigenvalue weighted by atomic mass is 10.1. The van der Waals surface area contributed by atoms with E-state index >= 15 is 0 Å². The maximum atomic E-state index is 12.5. The number of carbonyl (C=O) groups is 1. The highest BCUT2D eigenvalue weighted by molar-refractivity contribution is 6.31. The number of carbonyl (C=O) groups excluding carboxylic acids is 1. The standard InChI is InChI=1S/C25H28ClN5O2/c1-4-31(5-2)15-20(32)14-30-25(33)23-10-16(3)17(12-28-23)7-9-21-22-11-19(26)8-6-18(22)13-29-24(21)27/h6,8,10-13,20,32H,4-5,14-15H2,1-3H3,(H2,27,29)(H,30,33). The topological polar surface area (TPSA) is 104 Å². The first-order chi connectivity index (χ1) is 15.8. The van der Waals surface area contributed by atoms with Crippen LogP contribution in [-0.2, 0) is 0 Å². The first-order valence-corrected chi connectivity index (χ1v) is 11.2. The molecule has 0 bridgehead atoms. The molecule has 0 saturated heterocycles. The van der Waals surface area contributed by atoms with Gasteiger partial charge >= 0.3 is 0 Å². The number of nitrogens with two attached hydrogens (primary N) is 1. The highest BCUT2D eigenvalue weighted by atomic mass is 35.5. The molecule has 8 heteroatoms. The minimum absolute atomic E-state index is 0.160. The van der Waals surface area contributed by atoms with Crippen LogP contribution in [0.4, 0.5) is 5.82 Å². The van der Waals surface area contributed by atoms with Gasteiger partial charge in [-0.2, -0.15) is 0 Å². The quantitative estimate of drug-likeness (QED) is 0.463. The van der Waals surface area contributed by atoms with Gasteiger partial charge in [0.2, 0.25) is 0 Å². The maximum absolute atomic E-state index is 12.5. The van der Waals surface area contributed by atoms with Crippen LogP contribution in [0.1, 0.15) is 41.0 Å². The van der Waals surface area contributed by atoms with E-state index in [1.165, 1.54) is 0 Å². The van der Waals surface area contributed by atoms with Crippen molar-refractivity contribution in [1.82, 2.24) is 20.2 Å². The molecule has 3 aromatic rings. The molecule has 1 amide bonds. The first-order valence-electron chi connectivity index (χ1n) is 10.8. The van der Waals surface area contributed by atoms with Crippen LogP contribution in [0.5, 0.6) is 0 Å². The number of halogens is 1. The monoisotopic (exact) mass is 465 g/mol. The summed E-state index contributed by atoms with van der Waals surface area (Å²) >= 11 is 6.14. The van der Waals surface area contributed by atoms with Crippen LogP contribution in [-0.4, -0.2) is 58.2 Å². The van der Waals surface area contributed by atoms with Crippen LogP contribution in [0.3, 0.4) is 0 Å². The Labute approximate surface area is 199 Å². The number of aliphatic hydroxyl groups is 1. The second kappa shape index (κ2) is 11.1. The molecule has 1 unspecified atom stereocenters. The van der Waals surface area contributed by atoms with Crippen molar-refractivity contribution in [3.05, 3.63) is 64.1 Å². The van der Waals surface area contributed by atoms with Crippen LogP contribution >= 0.6 is 11.6 Å². The molecule has 172 valence electrons.